The number of hydrogen-bond donors (Lipinski definition) is 1. The predicted molar refractivity (Wildman–Crippen MR) is 110 cm³/mol. The molecule has 7 heteroatoms. The minimum atomic E-state index is -0.565. The van der Waals surface area contributed by atoms with E-state index < -0.39 is 11.1 Å². The van der Waals surface area contributed by atoms with E-state index in [1.165, 1.54) is 9.13 Å². The van der Waals surface area contributed by atoms with Crippen LogP contribution >= 0.6 is 0 Å². The number of para-hydroxylation sites is 2. The maximum absolute atomic E-state index is 12.5. The van der Waals surface area contributed by atoms with Crippen molar-refractivity contribution >= 4 is 16.9 Å². The Labute approximate surface area is 167 Å². The van der Waals surface area contributed by atoms with Crippen LogP contribution in [0.1, 0.15) is 28.8 Å². The lowest BCUT2D eigenvalue weighted by atomic mass is 10.1. The van der Waals surface area contributed by atoms with Crippen molar-refractivity contribution in [3.63, 3.8) is 0 Å². The summed E-state index contributed by atoms with van der Waals surface area (Å²) in [6.07, 6.45) is 2.10. The fraction of sp³-hybridized carbons (Fsp3) is 0.318. The Kier molecular flexibility index (Phi) is 5.31. The molecule has 0 aliphatic carbocycles. The zero-order valence-corrected chi connectivity index (χ0v) is 16.3. The number of benzene rings is 2. The van der Waals surface area contributed by atoms with Gasteiger partial charge in [-0.3, -0.25) is 19.0 Å². The van der Waals surface area contributed by atoms with E-state index in [1.54, 1.807) is 31.3 Å². The molecule has 1 fully saturated rings. The van der Waals surface area contributed by atoms with Crippen LogP contribution in [0.5, 0.6) is 0 Å². The molecule has 1 atom stereocenters. The van der Waals surface area contributed by atoms with Crippen molar-refractivity contribution in [3.8, 4) is 0 Å². The van der Waals surface area contributed by atoms with Crippen molar-refractivity contribution in [2.24, 2.45) is 7.05 Å². The number of aryl methyl sites for hydroxylation is 1. The highest BCUT2D eigenvalue weighted by molar-refractivity contribution is 5.94. The molecule has 3 aromatic rings. The van der Waals surface area contributed by atoms with Crippen LogP contribution in [0.3, 0.4) is 0 Å². The van der Waals surface area contributed by atoms with Gasteiger partial charge in [-0.05, 0) is 42.7 Å². The first-order valence-electron chi connectivity index (χ1n) is 9.72. The molecule has 7 nitrogen and oxygen atoms in total. The Morgan fingerprint density at radius 1 is 1.07 bits per heavy atom. The molecule has 0 spiro atoms. The highest BCUT2D eigenvalue weighted by Crippen LogP contribution is 2.13. The van der Waals surface area contributed by atoms with Crippen LogP contribution in [0.4, 0.5) is 0 Å². The van der Waals surface area contributed by atoms with Crippen molar-refractivity contribution in [1.29, 1.82) is 0 Å². The third-order valence-electron chi connectivity index (χ3n) is 5.34. The molecule has 1 aliphatic rings. The summed E-state index contributed by atoms with van der Waals surface area (Å²) in [5.74, 6) is -0.150. The lowest BCUT2D eigenvalue weighted by Gasteiger charge is -2.13. The third-order valence-corrected chi connectivity index (χ3v) is 5.34. The lowest BCUT2D eigenvalue weighted by Crippen LogP contribution is -2.40. The molecule has 2 aromatic carbocycles. The quantitative estimate of drug-likeness (QED) is 0.669. The van der Waals surface area contributed by atoms with Crippen LogP contribution in [-0.4, -0.2) is 34.3 Å². The standard InChI is InChI=1S/C22H23N3O4/c1-24-18-6-2-3-7-19(18)25(22(28)21(24)27)14-15-8-10-16(11-9-15)20(26)23-13-17-5-4-12-29-17/h2-3,6-11,17H,4-5,12-14H2,1H3,(H,23,26). The first kappa shape index (κ1) is 19.1. The first-order valence-corrected chi connectivity index (χ1v) is 9.72. The molecule has 1 aliphatic heterocycles. The Bertz CT molecular complexity index is 1160. The number of rotatable bonds is 5. The van der Waals surface area contributed by atoms with Gasteiger partial charge in [-0.1, -0.05) is 24.3 Å². The highest BCUT2D eigenvalue weighted by Gasteiger charge is 2.17. The normalized spacial score (nSPS) is 16.2. The van der Waals surface area contributed by atoms with E-state index in [9.17, 15) is 14.4 Å². The molecule has 4 rings (SSSR count). The Morgan fingerprint density at radius 2 is 1.79 bits per heavy atom. The zero-order chi connectivity index (χ0) is 20.4. The third kappa shape index (κ3) is 3.86. The number of aromatic nitrogens is 2. The summed E-state index contributed by atoms with van der Waals surface area (Å²) in [5, 5.41) is 2.89. The average molecular weight is 393 g/mol. The number of carbonyl (C=O) groups excluding carboxylic acids is 1. The van der Waals surface area contributed by atoms with E-state index in [2.05, 4.69) is 5.32 Å². The molecule has 0 radical (unpaired) electrons. The monoisotopic (exact) mass is 393 g/mol. The van der Waals surface area contributed by atoms with E-state index in [-0.39, 0.29) is 18.6 Å². The van der Waals surface area contributed by atoms with Crippen LogP contribution in [0.2, 0.25) is 0 Å². The van der Waals surface area contributed by atoms with E-state index in [0.717, 1.165) is 25.0 Å². The van der Waals surface area contributed by atoms with Gasteiger partial charge in [-0.25, -0.2) is 0 Å². The fourth-order valence-electron chi connectivity index (χ4n) is 3.67. The first-order chi connectivity index (χ1) is 14.0. The Balaban J connectivity index is 1.54. The van der Waals surface area contributed by atoms with Gasteiger partial charge in [-0.15, -0.1) is 0 Å². The summed E-state index contributed by atoms with van der Waals surface area (Å²) in [7, 11) is 1.60. The summed E-state index contributed by atoms with van der Waals surface area (Å²) in [4.78, 5) is 37.1. The molecule has 0 bridgehead atoms. The maximum atomic E-state index is 12.5. The van der Waals surface area contributed by atoms with Gasteiger partial charge in [0, 0.05) is 25.8 Å². The second-order valence-corrected chi connectivity index (χ2v) is 7.29. The average Bonchev–Trinajstić information content (AvgIpc) is 3.27. The number of ether oxygens (including phenoxy) is 1. The van der Waals surface area contributed by atoms with Crippen molar-refractivity contribution in [2.45, 2.75) is 25.5 Å². The smallest absolute Gasteiger partial charge is 0.317 e. The van der Waals surface area contributed by atoms with Gasteiger partial charge in [0.05, 0.1) is 23.7 Å². The van der Waals surface area contributed by atoms with Gasteiger partial charge < -0.3 is 14.6 Å². The summed E-state index contributed by atoms with van der Waals surface area (Å²) in [5.41, 5.74) is 1.65. The van der Waals surface area contributed by atoms with Crippen LogP contribution in [-0.2, 0) is 18.3 Å². The Hall–Kier alpha value is -3.19. The van der Waals surface area contributed by atoms with E-state index in [0.29, 0.717) is 23.1 Å². The zero-order valence-electron chi connectivity index (χ0n) is 16.3. The number of carbonyl (C=O) groups is 1. The maximum Gasteiger partial charge on any atom is 0.317 e. The fourth-order valence-corrected chi connectivity index (χ4v) is 3.67. The molecule has 1 amide bonds. The second kappa shape index (κ2) is 8.05. The molecule has 1 unspecified atom stereocenters. The number of amides is 1. The largest absolute Gasteiger partial charge is 0.376 e. The molecule has 1 aromatic heterocycles. The molecule has 150 valence electrons. The Morgan fingerprint density at radius 3 is 2.48 bits per heavy atom. The van der Waals surface area contributed by atoms with Crippen LogP contribution in [0.15, 0.2) is 58.1 Å². The summed E-state index contributed by atoms with van der Waals surface area (Å²) < 4.78 is 8.36. The van der Waals surface area contributed by atoms with Gasteiger partial charge in [0.25, 0.3) is 5.91 Å². The van der Waals surface area contributed by atoms with Crippen molar-refractivity contribution in [3.05, 3.63) is 80.4 Å². The molecule has 2 heterocycles. The summed E-state index contributed by atoms with van der Waals surface area (Å²) >= 11 is 0. The van der Waals surface area contributed by atoms with Crippen molar-refractivity contribution in [2.75, 3.05) is 13.2 Å². The summed E-state index contributed by atoms with van der Waals surface area (Å²) in [6.45, 7) is 1.52. The van der Waals surface area contributed by atoms with E-state index in [4.69, 9.17) is 4.74 Å². The van der Waals surface area contributed by atoms with E-state index >= 15 is 0 Å². The number of hydrogen-bond acceptors (Lipinski definition) is 4. The number of nitrogens with one attached hydrogen (secondary N) is 1. The van der Waals surface area contributed by atoms with Gasteiger partial charge in [0.15, 0.2) is 0 Å². The van der Waals surface area contributed by atoms with Crippen molar-refractivity contribution in [1.82, 2.24) is 14.5 Å². The molecule has 1 N–H and O–H groups in total. The van der Waals surface area contributed by atoms with Gasteiger partial charge in [-0.2, -0.15) is 0 Å². The molecular weight excluding hydrogens is 370 g/mol. The predicted octanol–water partition coefficient (Wildman–Crippen LogP) is 1.66. The molecule has 29 heavy (non-hydrogen) atoms. The second-order valence-electron chi connectivity index (χ2n) is 7.29. The van der Waals surface area contributed by atoms with Gasteiger partial charge in [0.2, 0.25) is 0 Å². The number of nitrogens with zero attached hydrogens (tertiary/aromatic N) is 2. The van der Waals surface area contributed by atoms with Gasteiger partial charge >= 0.3 is 11.1 Å². The highest BCUT2D eigenvalue weighted by atomic mass is 16.5. The molecule has 0 saturated carbocycles. The topological polar surface area (TPSA) is 82.3 Å². The minimum Gasteiger partial charge on any atom is -0.376 e. The summed E-state index contributed by atoms with van der Waals surface area (Å²) in [6, 6.07) is 14.4. The van der Waals surface area contributed by atoms with E-state index in [1.807, 2.05) is 24.3 Å². The lowest BCUT2D eigenvalue weighted by molar-refractivity contribution is 0.0858. The SMILES string of the molecule is Cn1c(=O)c(=O)n(Cc2ccc(C(=O)NCC3CCCO3)cc2)c2ccccc21. The molecular formula is C22H23N3O4. The van der Waals surface area contributed by atoms with Gasteiger partial charge in [0.1, 0.15) is 0 Å². The van der Waals surface area contributed by atoms with Crippen molar-refractivity contribution < 1.29 is 9.53 Å². The van der Waals surface area contributed by atoms with Crippen LogP contribution in [0.25, 0.3) is 11.0 Å². The van der Waals surface area contributed by atoms with Crippen LogP contribution in [0, 0.1) is 0 Å². The minimum absolute atomic E-state index is 0.0964. The molecule has 1 saturated heterocycles. The van der Waals surface area contributed by atoms with Crippen LogP contribution < -0.4 is 16.4 Å². The number of fused-ring (bicyclic) bond motifs is 1.